The van der Waals surface area contributed by atoms with E-state index < -0.39 is 0 Å². The zero-order valence-corrected chi connectivity index (χ0v) is 11.7. The highest BCUT2D eigenvalue weighted by atomic mass is 16.5. The molecule has 2 saturated heterocycles. The molecule has 0 radical (unpaired) electrons. The van der Waals surface area contributed by atoms with Gasteiger partial charge in [-0.3, -0.25) is 9.88 Å². The number of hydrogen-bond acceptors (Lipinski definition) is 7. The SMILES string of the molecule is c1cnc(-c2nc([C@H]3CN4CCCC[C@H]4CO3)no2)cn1. The minimum Gasteiger partial charge on any atom is -0.367 e. The Labute approximate surface area is 122 Å². The molecule has 2 aliphatic rings. The molecule has 4 rings (SSSR count). The Hall–Kier alpha value is -1.86. The van der Waals surface area contributed by atoms with Crippen LogP contribution in [0.5, 0.6) is 0 Å². The number of ether oxygens (including phenoxy) is 1. The van der Waals surface area contributed by atoms with Crippen LogP contribution in [-0.4, -0.2) is 50.7 Å². The second-order valence-electron chi connectivity index (χ2n) is 5.51. The molecule has 0 unspecified atom stereocenters. The van der Waals surface area contributed by atoms with E-state index in [0.717, 1.165) is 19.7 Å². The number of piperidine rings is 1. The third-order valence-corrected chi connectivity index (χ3v) is 4.15. The summed E-state index contributed by atoms with van der Waals surface area (Å²) in [6.07, 6.45) is 8.50. The predicted octanol–water partition coefficient (Wildman–Crippen LogP) is 1.45. The molecule has 2 fully saturated rings. The second-order valence-corrected chi connectivity index (χ2v) is 5.51. The fraction of sp³-hybridized carbons (Fsp3) is 0.571. The summed E-state index contributed by atoms with van der Waals surface area (Å²) in [6, 6.07) is 0.557. The Kier molecular flexibility index (Phi) is 3.36. The summed E-state index contributed by atoms with van der Waals surface area (Å²) in [5, 5.41) is 4.05. The number of rotatable bonds is 2. The van der Waals surface area contributed by atoms with E-state index in [1.54, 1.807) is 18.6 Å². The summed E-state index contributed by atoms with van der Waals surface area (Å²) < 4.78 is 11.2. The van der Waals surface area contributed by atoms with Gasteiger partial charge in [0.1, 0.15) is 11.8 Å². The first-order valence-electron chi connectivity index (χ1n) is 7.36. The van der Waals surface area contributed by atoms with Gasteiger partial charge in [0, 0.05) is 25.0 Å². The molecule has 0 spiro atoms. The van der Waals surface area contributed by atoms with Crippen molar-refractivity contribution >= 4 is 0 Å². The molecule has 0 N–H and O–H groups in total. The standard InChI is InChI=1S/C14H17N5O2/c1-2-6-19-8-12(20-9-10(19)3-1)13-17-14(21-18-13)11-7-15-4-5-16-11/h4-5,7,10,12H,1-3,6,8-9H2/t10-,12+/m0/s1. The van der Waals surface area contributed by atoms with Gasteiger partial charge in [-0.1, -0.05) is 11.6 Å². The van der Waals surface area contributed by atoms with Crippen LogP contribution in [0.15, 0.2) is 23.1 Å². The summed E-state index contributed by atoms with van der Waals surface area (Å²) in [4.78, 5) is 15.1. The van der Waals surface area contributed by atoms with Crippen LogP contribution < -0.4 is 0 Å². The van der Waals surface area contributed by atoms with E-state index in [1.165, 1.54) is 19.3 Å². The van der Waals surface area contributed by atoms with Crippen molar-refractivity contribution < 1.29 is 9.26 Å². The molecule has 0 aromatic carbocycles. The molecule has 2 atom stereocenters. The molecule has 21 heavy (non-hydrogen) atoms. The molecule has 0 saturated carbocycles. The van der Waals surface area contributed by atoms with Crippen LogP contribution in [-0.2, 0) is 4.74 Å². The lowest BCUT2D eigenvalue weighted by Crippen LogP contribution is -2.49. The Morgan fingerprint density at radius 3 is 3.14 bits per heavy atom. The molecule has 7 heteroatoms. The smallest absolute Gasteiger partial charge is 0.278 e. The van der Waals surface area contributed by atoms with E-state index in [4.69, 9.17) is 9.26 Å². The van der Waals surface area contributed by atoms with Crippen molar-refractivity contribution in [3.8, 4) is 11.6 Å². The van der Waals surface area contributed by atoms with Crippen molar-refractivity contribution in [2.24, 2.45) is 0 Å². The maximum Gasteiger partial charge on any atom is 0.278 e. The maximum atomic E-state index is 5.92. The Balaban J connectivity index is 1.51. The van der Waals surface area contributed by atoms with Gasteiger partial charge in [-0.2, -0.15) is 4.98 Å². The number of morpholine rings is 1. The fourth-order valence-corrected chi connectivity index (χ4v) is 3.02. The molecule has 0 aliphatic carbocycles. The van der Waals surface area contributed by atoms with Gasteiger partial charge in [0.15, 0.2) is 0 Å². The van der Waals surface area contributed by atoms with Crippen LogP contribution in [0.1, 0.15) is 31.2 Å². The number of aromatic nitrogens is 4. The third kappa shape index (κ3) is 2.54. The van der Waals surface area contributed by atoms with Crippen molar-refractivity contribution in [3.63, 3.8) is 0 Å². The topological polar surface area (TPSA) is 77.2 Å². The molecule has 2 aliphatic heterocycles. The highest BCUT2D eigenvalue weighted by Crippen LogP contribution is 2.28. The van der Waals surface area contributed by atoms with Crippen LogP contribution in [0.25, 0.3) is 11.6 Å². The van der Waals surface area contributed by atoms with Gasteiger partial charge in [0.2, 0.25) is 5.82 Å². The monoisotopic (exact) mass is 287 g/mol. The molecule has 0 bridgehead atoms. The molecule has 4 heterocycles. The Bertz CT molecular complexity index is 602. The van der Waals surface area contributed by atoms with Crippen molar-refractivity contribution in [3.05, 3.63) is 24.4 Å². The Morgan fingerprint density at radius 1 is 1.24 bits per heavy atom. The summed E-state index contributed by atoms with van der Waals surface area (Å²) in [7, 11) is 0. The van der Waals surface area contributed by atoms with Crippen molar-refractivity contribution in [1.29, 1.82) is 0 Å². The van der Waals surface area contributed by atoms with E-state index in [9.17, 15) is 0 Å². The first-order valence-corrected chi connectivity index (χ1v) is 7.36. The van der Waals surface area contributed by atoms with Crippen LogP contribution in [0.3, 0.4) is 0 Å². The van der Waals surface area contributed by atoms with Gasteiger partial charge in [-0.15, -0.1) is 0 Å². The lowest BCUT2D eigenvalue weighted by Gasteiger charge is -2.41. The summed E-state index contributed by atoms with van der Waals surface area (Å²) in [6.45, 7) is 2.73. The fourth-order valence-electron chi connectivity index (χ4n) is 3.02. The van der Waals surface area contributed by atoms with E-state index in [-0.39, 0.29) is 6.10 Å². The van der Waals surface area contributed by atoms with Gasteiger partial charge in [0.25, 0.3) is 5.89 Å². The molecular weight excluding hydrogens is 270 g/mol. The summed E-state index contributed by atoms with van der Waals surface area (Å²) >= 11 is 0. The predicted molar refractivity (Wildman–Crippen MR) is 73.2 cm³/mol. The van der Waals surface area contributed by atoms with Crippen LogP contribution in [0, 0.1) is 0 Å². The zero-order chi connectivity index (χ0) is 14.1. The maximum absolute atomic E-state index is 5.92. The van der Waals surface area contributed by atoms with Crippen molar-refractivity contribution in [1.82, 2.24) is 25.0 Å². The minimum atomic E-state index is -0.117. The Morgan fingerprint density at radius 2 is 2.24 bits per heavy atom. The minimum absolute atomic E-state index is 0.117. The van der Waals surface area contributed by atoms with Gasteiger partial charge in [0.05, 0.1) is 12.8 Å². The van der Waals surface area contributed by atoms with Gasteiger partial charge in [-0.25, -0.2) is 4.98 Å². The lowest BCUT2D eigenvalue weighted by molar-refractivity contribution is -0.0805. The highest BCUT2D eigenvalue weighted by molar-refractivity contribution is 5.43. The van der Waals surface area contributed by atoms with E-state index in [0.29, 0.717) is 23.5 Å². The average Bonchev–Trinajstić information content (AvgIpc) is 3.05. The van der Waals surface area contributed by atoms with Gasteiger partial charge >= 0.3 is 0 Å². The van der Waals surface area contributed by atoms with Gasteiger partial charge < -0.3 is 9.26 Å². The van der Waals surface area contributed by atoms with E-state index >= 15 is 0 Å². The summed E-state index contributed by atoms with van der Waals surface area (Å²) in [5.41, 5.74) is 0.586. The van der Waals surface area contributed by atoms with Crippen LogP contribution >= 0.6 is 0 Å². The first kappa shape index (κ1) is 12.8. The van der Waals surface area contributed by atoms with Gasteiger partial charge in [-0.05, 0) is 19.4 Å². The number of fused-ring (bicyclic) bond motifs is 1. The number of hydrogen-bond donors (Lipinski definition) is 0. The molecule has 2 aromatic heterocycles. The lowest BCUT2D eigenvalue weighted by atomic mass is 10.0. The summed E-state index contributed by atoms with van der Waals surface area (Å²) in [5.74, 6) is 0.988. The quantitative estimate of drug-likeness (QED) is 0.827. The number of nitrogens with zero attached hydrogens (tertiary/aromatic N) is 5. The van der Waals surface area contributed by atoms with Crippen LogP contribution in [0.2, 0.25) is 0 Å². The molecule has 2 aromatic rings. The third-order valence-electron chi connectivity index (χ3n) is 4.15. The van der Waals surface area contributed by atoms with E-state index in [2.05, 4.69) is 25.0 Å². The largest absolute Gasteiger partial charge is 0.367 e. The first-order chi connectivity index (χ1) is 10.4. The van der Waals surface area contributed by atoms with Crippen molar-refractivity contribution in [2.45, 2.75) is 31.4 Å². The second kappa shape index (κ2) is 5.50. The zero-order valence-electron chi connectivity index (χ0n) is 11.7. The molecule has 7 nitrogen and oxygen atoms in total. The molecule has 110 valence electrons. The normalized spacial score (nSPS) is 26.5. The molecule has 0 amide bonds. The highest BCUT2D eigenvalue weighted by Gasteiger charge is 2.33. The van der Waals surface area contributed by atoms with E-state index in [1.807, 2.05) is 0 Å². The van der Waals surface area contributed by atoms with Crippen molar-refractivity contribution in [2.75, 3.05) is 19.7 Å². The molecular formula is C14H17N5O2. The average molecular weight is 287 g/mol. The van der Waals surface area contributed by atoms with Crippen LogP contribution in [0.4, 0.5) is 0 Å².